The van der Waals surface area contributed by atoms with Crippen molar-refractivity contribution in [3.8, 4) is 0 Å². The molecule has 0 aliphatic heterocycles. The van der Waals surface area contributed by atoms with Crippen molar-refractivity contribution >= 4 is 11.7 Å². The van der Waals surface area contributed by atoms with Gasteiger partial charge in [0.15, 0.2) is 0 Å². The van der Waals surface area contributed by atoms with Crippen molar-refractivity contribution in [3.63, 3.8) is 0 Å². The van der Waals surface area contributed by atoms with Gasteiger partial charge in [-0.15, -0.1) is 0 Å². The smallest absolute Gasteiger partial charge is 0.315 e. The first-order valence-electron chi connectivity index (χ1n) is 8.54. The Morgan fingerprint density at radius 3 is 2.52 bits per heavy atom. The maximum absolute atomic E-state index is 12.1. The highest BCUT2D eigenvalue weighted by Crippen LogP contribution is 2.18. The van der Waals surface area contributed by atoms with Gasteiger partial charge in [-0.2, -0.15) is 0 Å². The molecule has 0 aliphatic rings. The van der Waals surface area contributed by atoms with Crippen molar-refractivity contribution in [1.82, 2.24) is 10.6 Å². The molecule has 0 aliphatic carbocycles. The maximum Gasteiger partial charge on any atom is 0.315 e. The van der Waals surface area contributed by atoms with Crippen LogP contribution in [-0.2, 0) is 6.54 Å². The molecule has 0 saturated heterocycles. The lowest BCUT2D eigenvalue weighted by Gasteiger charge is -2.18. The molecule has 2 rings (SSSR count). The van der Waals surface area contributed by atoms with Gasteiger partial charge in [0.1, 0.15) is 0 Å². The number of carbonyl (C=O) groups is 1. The summed E-state index contributed by atoms with van der Waals surface area (Å²) in [6.07, 6.45) is 0.620. The van der Waals surface area contributed by atoms with E-state index in [0.717, 1.165) is 16.8 Å². The van der Waals surface area contributed by atoms with Crippen LogP contribution in [0.4, 0.5) is 10.5 Å². The molecule has 1 unspecified atom stereocenters. The summed E-state index contributed by atoms with van der Waals surface area (Å²) in [4.78, 5) is 14.1. The van der Waals surface area contributed by atoms with E-state index in [4.69, 9.17) is 0 Å². The van der Waals surface area contributed by atoms with Gasteiger partial charge in [0.2, 0.25) is 0 Å². The predicted molar refractivity (Wildman–Crippen MR) is 102 cm³/mol. The van der Waals surface area contributed by atoms with Crippen LogP contribution in [0.2, 0.25) is 0 Å². The maximum atomic E-state index is 12.1. The topological polar surface area (TPSA) is 64.6 Å². The van der Waals surface area contributed by atoms with Gasteiger partial charge < -0.3 is 20.6 Å². The third-order valence-corrected chi connectivity index (χ3v) is 4.14. The van der Waals surface area contributed by atoms with Crippen LogP contribution in [0.5, 0.6) is 0 Å². The Morgan fingerprint density at radius 2 is 1.84 bits per heavy atom. The molecule has 0 saturated carbocycles. The van der Waals surface area contributed by atoms with E-state index in [0.29, 0.717) is 19.5 Å². The number of nitrogens with zero attached hydrogens (tertiary/aromatic N) is 1. The van der Waals surface area contributed by atoms with Crippen LogP contribution in [0.25, 0.3) is 0 Å². The van der Waals surface area contributed by atoms with Crippen LogP contribution in [0.1, 0.15) is 23.5 Å². The molecular formula is C20H27N3O2. The van der Waals surface area contributed by atoms with Crippen molar-refractivity contribution in [2.45, 2.75) is 18.9 Å². The van der Waals surface area contributed by atoms with Gasteiger partial charge in [-0.05, 0) is 29.7 Å². The number of hydrogen-bond acceptors (Lipinski definition) is 3. The van der Waals surface area contributed by atoms with E-state index >= 15 is 0 Å². The van der Waals surface area contributed by atoms with Crippen molar-refractivity contribution in [1.29, 1.82) is 0 Å². The van der Waals surface area contributed by atoms with Crippen molar-refractivity contribution < 1.29 is 9.90 Å². The molecule has 5 heteroatoms. The minimum atomic E-state index is -0.200. The third kappa shape index (κ3) is 6.12. The van der Waals surface area contributed by atoms with Gasteiger partial charge in [0.05, 0.1) is 0 Å². The standard InChI is InChI=1S/C20H27N3O2/c1-23(2)19-10-6-7-16(13-19)14-21-20(25)22-15-18(11-12-24)17-8-4-3-5-9-17/h3-10,13,18,24H,11-12,14-15H2,1-2H3,(H2,21,22,25). The Labute approximate surface area is 149 Å². The molecule has 0 spiro atoms. The number of nitrogens with one attached hydrogen (secondary N) is 2. The molecule has 25 heavy (non-hydrogen) atoms. The second-order valence-corrected chi connectivity index (χ2v) is 6.25. The fourth-order valence-electron chi connectivity index (χ4n) is 2.67. The molecule has 3 N–H and O–H groups in total. The van der Waals surface area contributed by atoms with Crippen LogP contribution >= 0.6 is 0 Å². The fraction of sp³-hybridized carbons (Fsp3) is 0.350. The number of rotatable bonds is 8. The average molecular weight is 341 g/mol. The predicted octanol–water partition coefficient (Wildman–Crippen LogP) is 2.72. The number of aliphatic hydroxyl groups excluding tert-OH is 1. The van der Waals surface area contributed by atoms with Gasteiger partial charge in [0.25, 0.3) is 0 Å². The molecule has 0 aromatic heterocycles. The second-order valence-electron chi connectivity index (χ2n) is 6.25. The molecule has 0 radical (unpaired) electrons. The van der Waals surface area contributed by atoms with E-state index < -0.39 is 0 Å². The van der Waals surface area contributed by atoms with E-state index in [2.05, 4.69) is 16.7 Å². The van der Waals surface area contributed by atoms with Crippen LogP contribution in [0.15, 0.2) is 54.6 Å². The Hall–Kier alpha value is -2.53. The van der Waals surface area contributed by atoms with Crippen LogP contribution in [0.3, 0.4) is 0 Å². The summed E-state index contributed by atoms with van der Waals surface area (Å²) in [5.74, 6) is 0.106. The molecule has 2 aromatic rings. The Balaban J connectivity index is 1.84. The summed E-state index contributed by atoms with van der Waals surface area (Å²) in [5, 5.41) is 15.0. The number of carbonyl (C=O) groups excluding carboxylic acids is 1. The molecule has 0 heterocycles. The zero-order valence-corrected chi connectivity index (χ0v) is 14.9. The highest BCUT2D eigenvalue weighted by Gasteiger charge is 2.12. The molecule has 5 nitrogen and oxygen atoms in total. The monoisotopic (exact) mass is 341 g/mol. The molecule has 1 atom stereocenters. The van der Waals surface area contributed by atoms with Crippen LogP contribution < -0.4 is 15.5 Å². The highest BCUT2D eigenvalue weighted by molar-refractivity contribution is 5.74. The summed E-state index contributed by atoms with van der Waals surface area (Å²) >= 11 is 0. The molecule has 0 bridgehead atoms. The van der Waals surface area contributed by atoms with Crippen molar-refractivity contribution in [2.24, 2.45) is 0 Å². The fourth-order valence-corrected chi connectivity index (χ4v) is 2.67. The average Bonchev–Trinajstić information content (AvgIpc) is 2.64. The zero-order valence-electron chi connectivity index (χ0n) is 14.9. The number of urea groups is 1. The number of aliphatic hydroxyl groups is 1. The first kappa shape index (κ1) is 18.8. The SMILES string of the molecule is CN(C)c1cccc(CNC(=O)NCC(CCO)c2ccccc2)c1. The highest BCUT2D eigenvalue weighted by atomic mass is 16.3. The normalized spacial score (nSPS) is 11.6. The molecule has 0 fully saturated rings. The van der Waals surface area contributed by atoms with Crippen LogP contribution in [0, 0.1) is 0 Å². The summed E-state index contributed by atoms with van der Waals surface area (Å²) in [6, 6.07) is 17.8. The number of benzene rings is 2. The van der Waals surface area contributed by atoms with Gasteiger partial charge in [-0.25, -0.2) is 4.79 Å². The van der Waals surface area contributed by atoms with E-state index in [1.807, 2.05) is 67.5 Å². The van der Waals surface area contributed by atoms with E-state index in [1.165, 1.54) is 0 Å². The lowest BCUT2D eigenvalue weighted by molar-refractivity contribution is 0.237. The Kier molecular flexibility index (Phi) is 7.29. The van der Waals surface area contributed by atoms with E-state index in [9.17, 15) is 9.90 Å². The van der Waals surface area contributed by atoms with Crippen molar-refractivity contribution in [2.75, 3.05) is 32.1 Å². The largest absolute Gasteiger partial charge is 0.396 e. The molecular weight excluding hydrogens is 314 g/mol. The Morgan fingerprint density at radius 1 is 1.08 bits per heavy atom. The van der Waals surface area contributed by atoms with Gasteiger partial charge in [-0.3, -0.25) is 0 Å². The minimum Gasteiger partial charge on any atom is -0.396 e. The Bertz CT molecular complexity index is 659. The van der Waals surface area contributed by atoms with Crippen molar-refractivity contribution in [3.05, 3.63) is 65.7 Å². The number of hydrogen-bond donors (Lipinski definition) is 3. The van der Waals surface area contributed by atoms with Gasteiger partial charge in [0, 0.05) is 45.4 Å². The van der Waals surface area contributed by atoms with E-state index in [1.54, 1.807) is 0 Å². The quantitative estimate of drug-likeness (QED) is 0.692. The van der Waals surface area contributed by atoms with Gasteiger partial charge >= 0.3 is 6.03 Å². The first-order valence-corrected chi connectivity index (χ1v) is 8.54. The van der Waals surface area contributed by atoms with Crippen LogP contribution in [-0.4, -0.2) is 38.4 Å². The molecule has 134 valence electrons. The zero-order chi connectivity index (χ0) is 18.1. The van der Waals surface area contributed by atoms with Gasteiger partial charge in [-0.1, -0.05) is 42.5 Å². The molecule has 2 aromatic carbocycles. The lowest BCUT2D eigenvalue weighted by atomic mass is 9.96. The summed E-state index contributed by atoms with van der Waals surface area (Å²) < 4.78 is 0. The number of amides is 2. The summed E-state index contributed by atoms with van der Waals surface area (Å²) in [6.45, 7) is 1.07. The summed E-state index contributed by atoms with van der Waals surface area (Å²) in [5.41, 5.74) is 3.28. The summed E-state index contributed by atoms with van der Waals surface area (Å²) in [7, 11) is 3.98. The lowest BCUT2D eigenvalue weighted by Crippen LogP contribution is -2.37. The minimum absolute atomic E-state index is 0.0974. The third-order valence-electron chi connectivity index (χ3n) is 4.14. The van der Waals surface area contributed by atoms with E-state index in [-0.39, 0.29) is 18.6 Å². The number of anilines is 1. The molecule has 2 amide bonds. The first-order chi connectivity index (χ1) is 12.1. The second kappa shape index (κ2) is 9.69.